The maximum Gasteiger partial charge on any atom is 0.249 e. The summed E-state index contributed by atoms with van der Waals surface area (Å²) in [6, 6.07) is 0.350. The lowest BCUT2D eigenvalue weighted by Gasteiger charge is -2.29. The molecule has 1 amide bonds. The van der Waals surface area contributed by atoms with E-state index in [1.165, 1.54) is 19.3 Å². The van der Waals surface area contributed by atoms with Crippen molar-refractivity contribution in [1.82, 2.24) is 5.32 Å². The van der Waals surface area contributed by atoms with Crippen LogP contribution in [0, 0.1) is 11.8 Å². The van der Waals surface area contributed by atoms with Crippen LogP contribution in [0.25, 0.3) is 0 Å². The highest BCUT2D eigenvalue weighted by Crippen LogP contribution is 2.33. The van der Waals surface area contributed by atoms with Gasteiger partial charge in [0.15, 0.2) is 0 Å². The predicted octanol–water partition coefficient (Wildman–Crippen LogP) is 1.45. The van der Waals surface area contributed by atoms with Crippen LogP contribution in [0.4, 0.5) is 0 Å². The molecule has 2 atom stereocenters. The van der Waals surface area contributed by atoms with Gasteiger partial charge in [-0.05, 0) is 31.1 Å². The van der Waals surface area contributed by atoms with Gasteiger partial charge >= 0.3 is 0 Å². The Labute approximate surface area is 91.2 Å². The van der Waals surface area contributed by atoms with E-state index in [1.54, 1.807) is 0 Å². The van der Waals surface area contributed by atoms with Gasteiger partial charge < -0.3 is 10.4 Å². The topological polar surface area (TPSA) is 49.3 Å². The quantitative estimate of drug-likeness (QED) is 0.723. The number of hydrogen-bond acceptors (Lipinski definition) is 2. The number of hydrogen-bond donors (Lipinski definition) is 2. The van der Waals surface area contributed by atoms with Crippen molar-refractivity contribution in [1.29, 1.82) is 0 Å². The average Bonchev–Trinajstić information content (AvgIpc) is 2.93. The second kappa shape index (κ2) is 4.52. The third-order valence-electron chi connectivity index (χ3n) is 3.66. The van der Waals surface area contributed by atoms with Gasteiger partial charge in [-0.3, -0.25) is 4.79 Å². The second-order valence-electron chi connectivity index (χ2n) is 5.24. The Bertz CT molecular complexity index is 234. The van der Waals surface area contributed by atoms with Crippen LogP contribution in [0.15, 0.2) is 0 Å². The molecular formula is C12H21NO2. The van der Waals surface area contributed by atoms with Gasteiger partial charge in [-0.2, -0.15) is 0 Å². The third-order valence-corrected chi connectivity index (χ3v) is 3.66. The van der Waals surface area contributed by atoms with Crippen molar-refractivity contribution in [3.8, 4) is 0 Å². The molecule has 0 aromatic heterocycles. The van der Waals surface area contributed by atoms with Crippen LogP contribution >= 0.6 is 0 Å². The van der Waals surface area contributed by atoms with Gasteiger partial charge in [-0.15, -0.1) is 0 Å². The summed E-state index contributed by atoms with van der Waals surface area (Å²) in [7, 11) is 0. The van der Waals surface area contributed by atoms with Gasteiger partial charge in [-0.25, -0.2) is 0 Å². The summed E-state index contributed by atoms with van der Waals surface area (Å²) in [5.41, 5.74) is 0. The fraction of sp³-hybridized carbons (Fsp3) is 0.917. The molecule has 86 valence electrons. The fourth-order valence-electron chi connectivity index (χ4n) is 2.16. The van der Waals surface area contributed by atoms with Gasteiger partial charge in [-0.1, -0.05) is 26.2 Å². The number of aliphatic hydroxyl groups is 1. The zero-order chi connectivity index (χ0) is 10.8. The maximum atomic E-state index is 11.6. The molecule has 1 unspecified atom stereocenters. The first kappa shape index (κ1) is 10.9. The van der Waals surface area contributed by atoms with Crippen molar-refractivity contribution in [3.05, 3.63) is 0 Å². The number of amides is 1. The van der Waals surface area contributed by atoms with E-state index in [-0.39, 0.29) is 11.8 Å². The Morgan fingerprint density at radius 2 is 2.07 bits per heavy atom. The van der Waals surface area contributed by atoms with E-state index in [1.807, 2.05) is 6.92 Å². The van der Waals surface area contributed by atoms with Crippen LogP contribution in [0.2, 0.25) is 0 Å². The Morgan fingerprint density at radius 3 is 2.53 bits per heavy atom. The van der Waals surface area contributed by atoms with Gasteiger partial charge in [0.2, 0.25) is 5.91 Å². The fourth-order valence-corrected chi connectivity index (χ4v) is 2.16. The van der Waals surface area contributed by atoms with E-state index in [4.69, 9.17) is 0 Å². The summed E-state index contributed by atoms with van der Waals surface area (Å²) < 4.78 is 0. The number of nitrogens with one attached hydrogen (secondary N) is 1. The molecule has 2 N–H and O–H groups in total. The first-order chi connectivity index (χ1) is 7.16. The van der Waals surface area contributed by atoms with Crippen molar-refractivity contribution in [3.63, 3.8) is 0 Å². The normalized spacial score (nSPS) is 25.5. The zero-order valence-electron chi connectivity index (χ0n) is 9.41. The lowest BCUT2D eigenvalue weighted by Crippen LogP contribution is -2.40. The third kappa shape index (κ3) is 2.94. The Morgan fingerprint density at radius 1 is 1.40 bits per heavy atom. The van der Waals surface area contributed by atoms with E-state index >= 15 is 0 Å². The van der Waals surface area contributed by atoms with Crippen LogP contribution < -0.4 is 5.32 Å². The minimum Gasteiger partial charge on any atom is -0.383 e. The van der Waals surface area contributed by atoms with Gasteiger partial charge in [0, 0.05) is 6.04 Å². The van der Waals surface area contributed by atoms with E-state index in [0.29, 0.717) is 6.04 Å². The standard InChI is InChI=1S/C12H21NO2/c1-8(7-9-3-2-4-9)11(14)12(15)13-10-5-6-10/h8-11,14H,2-7H2,1H3,(H,13,15)/t8-,11?/m0/s1. The van der Waals surface area contributed by atoms with Crippen LogP contribution in [-0.4, -0.2) is 23.2 Å². The van der Waals surface area contributed by atoms with Gasteiger partial charge in [0.05, 0.1) is 0 Å². The summed E-state index contributed by atoms with van der Waals surface area (Å²) in [6.45, 7) is 1.98. The van der Waals surface area contributed by atoms with E-state index in [2.05, 4.69) is 5.32 Å². The lowest BCUT2D eigenvalue weighted by atomic mass is 9.78. The molecule has 0 radical (unpaired) electrons. The molecular weight excluding hydrogens is 190 g/mol. The number of carbonyl (C=O) groups is 1. The molecule has 0 spiro atoms. The molecule has 0 bridgehead atoms. The first-order valence-electron chi connectivity index (χ1n) is 6.15. The van der Waals surface area contributed by atoms with Crippen LogP contribution in [0.5, 0.6) is 0 Å². The van der Waals surface area contributed by atoms with Gasteiger partial charge in [0.1, 0.15) is 6.10 Å². The summed E-state index contributed by atoms with van der Waals surface area (Å²) in [6.07, 6.45) is 6.24. The van der Waals surface area contributed by atoms with Crippen molar-refractivity contribution >= 4 is 5.91 Å². The highest BCUT2D eigenvalue weighted by Gasteiger charge is 2.31. The number of carbonyl (C=O) groups excluding carboxylic acids is 1. The van der Waals surface area contributed by atoms with Crippen molar-refractivity contribution in [2.24, 2.45) is 11.8 Å². The highest BCUT2D eigenvalue weighted by molar-refractivity contribution is 5.81. The van der Waals surface area contributed by atoms with E-state index in [9.17, 15) is 9.90 Å². The predicted molar refractivity (Wildman–Crippen MR) is 58.3 cm³/mol. The molecule has 2 aliphatic rings. The summed E-state index contributed by atoms with van der Waals surface area (Å²) in [5.74, 6) is 0.696. The summed E-state index contributed by atoms with van der Waals surface area (Å²) in [4.78, 5) is 11.6. The second-order valence-corrected chi connectivity index (χ2v) is 5.24. The van der Waals surface area contributed by atoms with Gasteiger partial charge in [0.25, 0.3) is 0 Å². The maximum absolute atomic E-state index is 11.6. The van der Waals surface area contributed by atoms with E-state index in [0.717, 1.165) is 25.2 Å². The highest BCUT2D eigenvalue weighted by atomic mass is 16.3. The van der Waals surface area contributed by atoms with Crippen LogP contribution in [0.3, 0.4) is 0 Å². The minimum atomic E-state index is -0.800. The van der Waals surface area contributed by atoms with E-state index < -0.39 is 6.10 Å². The molecule has 2 rings (SSSR count). The van der Waals surface area contributed by atoms with Crippen molar-refractivity contribution in [2.75, 3.05) is 0 Å². The Hall–Kier alpha value is -0.570. The number of aliphatic hydroxyl groups excluding tert-OH is 1. The SMILES string of the molecule is C[C@@H](CC1CCC1)C(O)C(=O)NC1CC1. The molecule has 3 heteroatoms. The Balaban J connectivity index is 1.71. The zero-order valence-corrected chi connectivity index (χ0v) is 9.41. The molecule has 2 fully saturated rings. The molecule has 0 aromatic carbocycles. The monoisotopic (exact) mass is 211 g/mol. The molecule has 2 saturated carbocycles. The summed E-state index contributed by atoms with van der Waals surface area (Å²) >= 11 is 0. The summed E-state index contributed by atoms with van der Waals surface area (Å²) in [5, 5.41) is 12.7. The molecule has 0 aromatic rings. The van der Waals surface area contributed by atoms with Crippen molar-refractivity contribution in [2.45, 2.75) is 57.6 Å². The molecule has 15 heavy (non-hydrogen) atoms. The molecule has 0 aliphatic heterocycles. The molecule has 2 aliphatic carbocycles. The molecule has 0 saturated heterocycles. The van der Waals surface area contributed by atoms with Crippen LogP contribution in [0.1, 0.15) is 45.4 Å². The smallest absolute Gasteiger partial charge is 0.249 e. The lowest BCUT2D eigenvalue weighted by molar-refractivity contribution is -0.132. The number of rotatable bonds is 5. The molecule has 3 nitrogen and oxygen atoms in total. The molecule has 0 heterocycles. The minimum absolute atomic E-state index is 0.106. The van der Waals surface area contributed by atoms with Crippen LogP contribution in [-0.2, 0) is 4.79 Å². The first-order valence-corrected chi connectivity index (χ1v) is 6.15. The van der Waals surface area contributed by atoms with Crippen molar-refractivity contribution < 1.29 is 9.90 Å². The average molecular weight is 211 g/mol. The Kier molecular flexibility index (Phi) is 3.29. The largest absolute Gasteiger partial charge is 0.383 e.